The molecular weight excluding hydrogens is 248 g/mol. The lowest BCUT2D eigenvalue weighted by Crippen LogP contribution is -2.22. The Morgan fingerprint density at radius 3 is 2.33 bits per heavy atom. The van der Waals surface area contributed by atoms with E-state index in [1.165, 1.54) is 16.7 Å². The van der Waals surface area contributed by atoms with Crippen molar-refractivity contribution in [1.82, 2.24) is 0 Å². The average molecular weight is 269 g/mol. The standard InChI is InChI=1S/C14H21Br/c1-10-6-7-11(2)12(8-10)9-13(15)14(3,4)5/h6-8,13H,9H2,1-5H3. The number of aryl methyl sites for hydroxylation is 2. The molecule has 1 heteroatoms. The molecule has 0 fully saturated rings. The predicted octanol–water partition coefficient (Wildman–Crippen LogP) is 4.66. The molecule has 0 amide bonds. The summed E-state index contributed by atoms with van der Waals surface area (Å²) in [7, 11) is 0. The van der Waals surface area contributed by atoms with Gasteiger partial charge in [0.25, 0.3) is 0 Å². The van der Waals surface area contributed by atoms with Crippen LogP contribution in [0.5, 0.6) is 0 Å². The molecule has 0 bridgehead atoms. The van der Waals surface area contributed by atoms with E-state index in [0.717, 1.165) is 6.42 Å². The maximum Gasteiger partial charge on any atom is 0.0234 e. The van der Waals surface area contributed by atoms with Gasteiger partial charge in [0.1, 0.15) is 0 Å². The molecule has 1 atom stereocenters. The Hall–Kier alpha value is -0.300. The fraction of sp³-hybridized carbons (Fsp3) is 0.571. The van der Waals surface area contributed by atoms with Crippen molar-refractivity contribution < 1.29 is 0 Å². The topological polar surface area (TPSA) is 0 Å². The highest BCUT2D eigenvalue weighted by molar-refractivity contribution is 9.09. The van der Waals surface area contributed by atoms with Crippen LogP contribution >= 0.6 is 15.9 Å². The van der Waals surface area contributed by atoms with Gasteiger partial charge in [-0.2, -0.15) is 0 Å². The summed E-state index contributed by atoms with van der Waals surface area (Å²) in [6.45, 7) is 11.2. The first-order chi connectivity index (χ1) is 6.80. The highest BCUT2D eigenvalue weighted by Gasteiger charge is 2.22. The van der Waals surface area contributed by atoms with Crippen LogP contribution in [-0.4, -0.2) is 4.83 Å². The maximum atomic E-state index is 3.79. The molecule has 0 aliphatic rings. The van der Waals surface area contributed by atoms with E-state index in [-0.39, 0.29) is 0 Å². The van der Waals surface area contributed by atoms with E-state index >= 15 is 0 Å². The van der Waals surface area contributed by atoms with E-state index in [2.05, 4.69) is 68.7 Å². The SMILES string of the molecule is Cc1ccc(C)c(CC(Br)C(C)(C)C)c1. The van der Waals surface area contributed by atoms with E-state index in [1.54, 1.807) is 0 Å². The normalized spacial score (nSPS) is 14.0. The number of hydrogen-bond acceptors (Lipinski definition) is 0. The average Bonchev–Trinajstić information content (AvgIpc) is 2.09. The maximum absolute atomic E-state index is 3.79. The van der Waals surface area contributed by atoms with E-state index in [1.807, 2.05) is 0 Å². The van der Waals surface area contributed by atoms with Gasteiger partial charge in [0.2, 0.25) is 0 Å². The molecule has 0 radical (unpaired) electrons. The molecular formula is C14H21Br. The number of rotatable bonds is 2. The third kappa shape index (κ3) is 3.64. The van der Waals surface area contributed by atoms with Crippen molar-refractivity contribution in [2.45, 2.75) is 45.9 Å². The van der Waals surface area contributed by atoms with Crippen LogP contribution in [0.15, 0.2) is 18.2 Å². The van der Waals surface area contributed by atoms with E-state index in [0.29, 0.717) is 10.2 Å². The number of hydrogen-bond donors (Lipinski definition) is 0. The van der Waals surface area contributed by atoms with Gasteiger partial charge in [-0.25, -0.2) is 0 Å². The van der Waals surface area contributed by atoms with E-state index in [9.17, 15) is 0 Å². The molecule has 0 saturated heterocycles. The van der Waals surface area contributed by atoms with Crippen molar-refractivity contribution in [1.29, 1.82) is 0 Å². The smallest absolute Gasteiger partial charge is 0.0234 e. The van der Waals surface area contributed by atoms with Crippen LogP contribution in [0, 0.1) is 19.3 Å². The van der Waals surface area contributed by atoms with Gasteiger partial charge in [-0.3, -0.25) is 0 Å². The zero-order valence-electron chi connectivity index (χ0n) is 10.4. The Balaban J connectivity index is 2.85. The molecule has 15 heavy (non-hydrogen) atoms. The van der Waals surface area contributed by atoms with Gasteiger partial charge in [0.15, 0.2) is 0 Å². The molecule has 0 saturated carbocycles. The highest BCUT2D eigenvalue weighted by atomic mass is 79.9. The number of benzene rings is 1. The zero-order valence-corrected chi connectivity index (χ0v) is 12.0. The fourth-order valence-electron chi connectivity index (χ4n) is 1.52. The summed E-state index contributed by atoms with van der Waals surface area (Å²) in [5, 5.41) is 0. The Bertz CT molecular complexity index is 334. The summed E-state index contributed by atoms with van der Waals surface area (Å²) in [5.41, 5.74) is 4.53. The Morgan fingerprint density at radius 2 is 1.80 bits per heavy atom. The lowest BCUT2D eigenvalue weighted by Gasteiger charge is -2.26. The molecule has 1 unspecified atom stereocenters. The van der Waals surface area contributed by atoms with Crippen LogP contribution in [0.4, 0.5) is 0 Å². The van der Waals surface area contributed by atoms with Crippen molar-refractivity contribution in [2.75, 3.05) is 0 Å². The van der Waals surface area contributed by atoms with Crippen LogP contribution in [-0.2, 0) is 6.42 Å². The van der Waals surface area contributed by atoms with Crippen molar-refractivity contribution in [2.24, 2.45) is 5.41 Å². The minimum Gasteiger partial charge on any atom is -0.0881 e. The summed E-state index contributed by atoms with van der Waals surface area (Å²) in [5.74, 6) is 0. The van der Waals surface area contributed by atoms with Crippen LogP contribution in [0.25, 0.3) is 0 Å². The predicted molar refractivity (Wildman–Crippen MR) is 71.8 cm³/mol. The monoisotopic (exact) mass is 268 g/mol. The number of alkyl halides is 1. The second-order valence-corrected chi connectivity index (χ2v) is 6.57. The van der Waals surface area contributed by atoms with Crippen molar-refractivity contribution in [3.05, 3.63) is 34.9 Å². The molecule has 1 aromatic rings. The van der Waals surface area contributed by atoms with Crippen molar-refractivity contribution in [3.63, 3.8) is 0 Å². The first kappa shape index (κ1) is 12.8. The highest BCUT2D eigenvalue weighted by Crippen LogP contribution is 2.29. The van der Waals surface area contributed by atoms with Gasteiger partial charge < -0.3 is 0 Å². The molecule has 84 valence electrons. The van der Waals surface area contributed by atoms with Gasteiger partial charge in [-0.1, -0.05) is 60.5 Å². The molecule has 0 N–H and O–H groups in total. The van der Waals surface area contributed by atoms with Gasteiger partial charge in [-0.05, 0) is 36.8 Å². The van der Waals surface area contributed by atoms with E-state index < -0.39 is 0 Å². The summed E-state index contributed by atoms with van der Waals surface area (Å²) in [4.78, 5) is 0.533. The molecule has 0 heterocycles. The minimum absolute atomic E-state index is 0.316. The Labute approximate surface area is 102 Å². The summed E-state index contributed by atoms with van der Waals surface area (Å²) in [6, 6.07) is 6.70. The second-order valence-electron chi connectivity index (χ2n) is 5.47. The van der Waals surface area contributed by atoms with Gasteiger partial charge in [-0.15, -0.1) is 0 Å². The Morgan fingerprint density at radius 1 is 1.20 bits per heavy atom. The molecule has 0 aliphatic carbocycles. The molecule has 0 nitrogen and oxygen atoms in total. The first-order valence-corrected chi connectivity index (χ1v) is 6.42. The van der Waals surface area contributed by atoms with Gasteiger partial charge >= 0.3 is 0 Å². The van der Waals surface area contributed by atoms with Crippen LogP contribution in [0.1, 0.15) is 37.5 Å². The Kier molecular flexibility index (Phi) is 3.99. The minimum atomic E-state index is 0.316. The van der Waals surface area contributed by atoms with Crippen molar-refractivity contribution in [3.8, 4) is 0 Å². The molecule has 0 spiro atoms. The number of halogens is 1. The molecule has 0 aromatic heterocycles. The van der Waals surface area contributed by atoms with Crippen LogP contribution < -0.4 is 0 Å². The van der Waals surface area contributed by atoms with Crippen LogP contribution in [0.3, 0.4) is 0 Å². The largest absolute Gasteiger partial charge is 0.0881 e. The second kappa shape index (κ2) is 4.69. The fourth-order valence-corrected chi connectivity index (χ4v) is 1.87. The van der Waals surface area contributed by atoms with Crippen molar-refractivity contribution >= 4 is 15.9 Å². The lowest BCUT2D eigenvalue weighted by atomic mass is 9.87. The van der Waals surface area contributed by atoms with E-state index in [4.69, 9.17) is 0 Å². The van der Waals surface area contributed by atoms with Gasteiger partial charge in [0.05, 0.1) is 0 Å². The van der Waals surface area contributed by atoms with Gasteiger partial charge in [0, 0.05) is 4.83 Å². The first-order valence-electron chi connectivity index (χ1n) is 5.51. The molecule has 0 aliphatic heterocycles. The zero-order chi connectivity index (χ0) is 11.6. The third-order valence-electron chi connectivity index (χ3n) is 2.84. The summed E-state index contributed by atoms with van der Waals surface area (Å²) >= 11 is 3.79. The summed E-state index contributed by atoms with van der Waals surface area (Å²) in [6.07, 6.45) is 1.11. The molecule has 1 aromatic carbocycles. The molecule has 1 rings (SSSR count). The third-order valence-corrected chi connectivity index (χ3v) is 4.54. The quantitative estimate of drug-likeness (QED) is 0.685. The summed E-state index contributed by atoms with van der Waals surface area (Å²) < 4.78 is 0. The lowest BCUT2D eigenvalue weighted by molar-refractivity contribution is 0.397. The van der Waals surface area contributed by atoms with Crippen LogP contribution in [0.2, 0.25) is 0 Å².